The lowest BCUT2D eigenvalue weighted by molar-refractivity contribution is 0.0941. The summed E-state index contributed by atoms with van der Waals surface area (Å²) in [5.74, 6) is -0.202. The van der Waals surface area contributed by atoms with Crippen molar-refractivity contribution < 1.29 is 4.79 Å². The van der Waals surface area contributed by atoms with Crippen LogP contribution in [0, 0.1) is 0 Å². The van der Waals surface area contributed by atoms with Crippen LogP contribution in [-0.4, -0.2) is 18.5 Å². The van der Waals surface area contributed by atoms with Gasteiger partial charge in [-0.1, -0.05) is 23.2 Å². The molecular weight excluding hydrogens is 270 g/mol. The zero-order valence-electron chi connectivity index (χ0n) is 8.67. The molecule has 0 heterocycles. The number of rotatable bonds is 3. The van der Waals surface area contributed by atoms with Crippen molar-refractivity contribution in [1.29, 1.82) is 0 Å². The van der Waals surface area contributed by atoms with Gasteiger partial charge in [0, 0.05) is 18.2 Å². The number of hydrogen-bond donors (Lipinski definition) is 2. The predicted octanol–water partition coefficient (Wildman–Crippen LogP) is 2.49. The highest BCUT2D eigenvalue weighted by Crippen LogP contribution is 2.22. The van der Waals surface area contributed by atoms with Crippen molar-refractivity contribution >= 4 is 41.5 Å². The van der Waals surface area contributed by atoms with E-state index in [-0.39, 0.29) is 24.4 Å². The summed E-state index contributed by atoms with van der Waals surface area (Å²) in [5, 5.41) is 3.52. The second-order valence-corrected chi connectivity index (χ2v) is 4.05. The van der Waals surface area contributed by atoms with Crippen LogP contribution in [-0.2, 0) is 0 Å². The minimum Gasteiger partial charge on any atom is -0.348 e. The molecule has 0 saturated carbocycles. The van der Waals surface area contributed by atoms with E-state index in [9.17, 15) is 4.79 Å². The van der Waals surface area contributed by atoms with Crippen molar-refractivity contribution in [3.8, 4) is 0 Å². The molecule has 0 radical (unpaired) electrons. The zero-order valence-corrected chi connectivity index (χ0v) is 11.0. The SMILES string of the molecule is C[C@@H](CN)NC(=O)c1ccc(Cl)c(Cl)c1.Cl. The Kier molecular flexibility index (Phi) is 6.76. The first-order chi connectivity index (χ1) is 7.04. The van der Waals surface area contributed by atoms with Crippen LogP contribution in [0.1, 0.15) is 17.3 Å². The third kappa shape index (κ3) is 4.18. The summed E-state index contributed by atoms with van der Waals surface area (Å²) >= 11 is 11.5. The van der Waals surface area contributed by atoms with Gasteiger partial charge in [0.05, 0.1) is 10.0 Å². The second kappa shape index (κ2) is 6.97. The Hall–Kier alpha value is -0.480. The quantitative estimate of drug-likeness (QED) is 0.895. The van der Waals surface area contributed by atoms with E-state index >= 15 is 0 Å². The Bertz CT molecular complexity index is 371. The zero-order chi connectivity index (χ0) is 11.4. The van der Waals surface area contributed by atoms with Gasteiger partial charge in [0.1, 0.15) is 0 Å². The minimum absolute atomic E-state index is 0. The maximum absolute atomic E-state index is 11.6. The number of halogens is 3. The fraction of sp³-hybridized carbons (Fsp3) is 0.300. The number of nitrogens with one attached hydrogen (secondary N) is 1. The molecule has 0 bridgehead atoms. The van der Waals surface area contributed by atoms with Crippen LogP contribution >= 0.6 is 35.6 Å². The minimum atomic E-state index is -0.202. The maximum Gasteiger partial charge on any atom is 0.251 e. The molecule has 0 aliphatic rings. The average Bonchev–Trinajstić information content (AvgIpc) is 2.21. The lowest BCUT2D eigenvalue weighted by atomic mass is 10.2. The lowest BCUT2D eigenvalue weighted by Crippen LogP contribution is -2.37. The summed E-state index contributed by atoms with van der Waals surface area (Å²) in [6.07, 6.45) is 0. The van der Waals surface area contributed by atoms with E-state index < -0.39 is 0 Å². The van der Waals surface area contributed by atoms with Crippen LogP contribution in [0.25, 0.3) is 0 Å². The Morgan fingerprint density at radius 2 is 2.06 bits per heavy atom. The summed E-state index contributed by atoms with van der Waals surface area (Å²) < 4.78 is 0. The normalized spacial score (nSPS) is 11.5. The molecule has 90 valence electrons. The Balaban J connectivity index is 0.00000225. The van der Waals surface area contributed by atoms with Crippen molar-refractivity contribution in [2.45, 2.75) is 13.0 Å². The Morgan fingerprint density at radius 3 is 2.56 bits per heavy atom. The fourth-order valence-electron chi connectivity index (χ4n) is 1.00. The summed E-state index contributed by atoms with van der Waals surface area (Å²) in [7, 11) is 0. The summed E-state index contributed by atoms with van der Waals surface area (Å²) in [6.45, 7) is 2.22. The van der Waals surface area contributed by atoms with E-state index in [0.717, 1.165) is 0 Å². The van der Waals surface area contributed by atoms with Crippen LogP contribution in [0.4, 0.5) is 0 Å². The van der Waals surface area contributed by atoms with Crippen molar-refractivity contribution in [2.24, 2.45) is 5.73 Å². The molecule has 16 heavy (non-hydrogen) atoms. The first kappa shape index (κ1) is 15.5. The van der Waals surface area contributed by atoms with Crippen molar-refractivity contribution in [2.75, 3.05) is 6.54 Å². The Morgan fingerprint density at radius 1 is 1.44 bits per heavy atom. The highest BCUT2D eigenvalue weighted by Gasteiger charge is 2.09. The largest absolute Gasteiger partial charge is 0.348 e. The molecule has 0 fully saturated rings. The molecule has 0 aliphatic carbocycles. The number of amides is 1. The molecule has 0 spiro atoms. The molecule has 3 nitrogen and oxygen atoms in total. The van der Waals surface area contributed by atoms with E-state index in [1.165, 1.54) is 6.07 Å². The van der Waals surface area contributed by atoms with Crippen molar-refractivity contribution in [1.82, 2.24) is 5.32 Å². The van der Waals surface area contributed by atoms with E-state index in [1.54, 1.807) is 12.1 Å². The molecule has 0 aliphatic heterocycles. The van der Waals surface area contributed by atoms with E-state index in [2.05, 4.69) is 5.32 Å². The monoisotopic (exact) mass is 282 g/mol. The molecular formula is C10H13Cl3N2O. The van der Waals surface area contributed by atoms with E-state index in [4.69, 9.17) is 28.9 Å². The van der Waals surface area contributed by atoms with E-state index in [0.29, 0.717) is 22.2 Å². The number of hydrogen-bond acceptors (Lipinski definition) is 2. The van der Waals surface area contributed by atoms with Gasteiger partial charge in [-0.3, -0.25) is 4.79 Å². The second-order valence-electron chi connectivity index (χ2n) is 3.24. The topological polar surface area (TPSA) is 55.1 Å². The lowest BCUT2D eigenvalue weighted by Gasteiger charge is -2.11. The van der Waals surface area contributed by atoms with Gasteiger partial charge in [0.25, 0.3) is 5.91 Å². The van der Waals surface area contributed by atoms with Gasteiger partial charge in [-0.25, -0.2) is 0 Å². The molecule has 0 unspecified atom stereocenters. The molecule has 1 aromatic carbocycles. The third-order valence-electron chi connectivity index (χ3n) is 1.91. The number of nitrogens with two attached hydrogens (primary N) is 1. The molecule has 1 aromatic rings. The van der Waals surface area contributed by atoms with Crippen LogP contribution in [0.15, 0.2) is 18.2 Å². The van der Waals surface area contributed by atoms with Crippen LogP contribution in [0.3, 0.4) is 0 Å². The van der Waals surface area contributed by atoms with Crippen molar-refractivity contribution in [3.05, 3.63) is 33.8 Å². The first-order valence-electron chi connectivity index (χ1n) is 4.50. The number of benzene rings is 1. The highest BCUT2D eigenvalue weighted by atomic mass is 35.5. The van der Waals surface area contributed by atoms with Crippen LogP contribution < -0.4 is 11.1 Å². The van der Waals surface area contributed by atoms with Crippen LogP contribution in [0.5, 0.6) is 0 Å². The fourth-order valence-corrected chi connectivity index (χ4v) is 1.30. The van der Waals surface area contributed by atoms with Crippen LogP contribution in [0.2, 0.25) is 10.0 Å². The van der Waals surface area contributed by atoms with Gasteiger partial charge in [-0.05, 0) is 25.1 Å². The number of carbonyl (C=O) groups is 1. The molecule has 6 heteroatoms. The van der Waals surface area contributed by atoms with Gasteiger partial charge >= 0.3 is 0 Å². The van der Waals surface area contributed by atoms with Gasteiger partial charge in [0.2, 0.25) is 0 Å². The summed E-state index contributed by atoms with van der Waals surface area (Å²) in [5.41, 5.74) is 5.87. The first-order valence-corrected chi connectivity index (χ1v) is 5.26. The maximum atomic E-state index is 11.6. The molecule has 1 atom stereocenters. The summed E-state index contributed by atoms with van der Waals surface area (Å²) in [6, 6.07) is 4.67. The highest BCUT2D eigenvalue weighted by molar-refractivity contribution is 6.42. The smallest absolute Gasteiger partial charge is 0.251 e. The van der Waals surface area contributed by atoms with Crippen molar-refractivity contribution in [3.63, 3.8) is 0 Å². The van der Waals surface area contributed by atoms with Gasteiger partial charge in [-0.2, -0.15) is 0 Å². The van der Waals surface area contributed by atoms with E-state index in [1.807, 2.05) is 6.92 Å². The van der Waals surface area contributed by atoms with Gasteiger partial charge < -0.3 is 11.1 Å². The molecule has 1 rings (SSSR count). The third-order valence-corrected chi connectivity index (χ3v) is 2.65. The molecule has 0 saturated heterocycles. The number of carbonyl (C=O) groups excluding carboxylic acids is 1. The van der Waals surface area contributed by atoms with Gasteiger partial charge in [0.15, 0.2) is 0 Å². The van der Waals surface area contributed by atoms with Gasteiger partial charge in [-0.15, -0.1) is 12.4 Å². The summed E-state index contributed by atoms with van der Waals surface area (Å²) in [4.78, 5) is 11.6. The molecule has 0 aromatic heterocycles. The average molecular weight is 284 g/mol. The Labute approximate surface area is 111 Å². The predicted molar refractivity (Wildman–Crippen MR) is 69.7 cm³/mol. The molecule has 1 amide bonds. The molecule has 3 N–H and O–H groups in total. The standard InChI is InChI=1S/C10H12Cl2N2O.ClH/c1-6(5-13)14-10(15)7-2-3-8(11)9(12)4-7;/h2-4,6H,5,13H2,1H3,(H,14,15);1H/t6-;/m0./s1.